The van der Waals surface area contributed by atoms with Crippen molar-refractivity contribution in [2.24, 2.45) is 0 Å². The molecule has 1 N–H and O–H groups in total. The summed E-state index contributed by atoms with van der Waals surface area (Å²) >= 11 is 0. The number of ether oxygens (including phenoxy) is 2. The van der Waals surface area contributed by atoms with E-state index in [2.05, 4.69) is 17.4 Å². The van der Waals surface area contributed by atoms with E-state index in [1.807, 2.05) is 66.7 Å². The smallest absolute Gasteiger partial charge is 0.407 e. The molecule has 32 heavy (non-hydrogen) atoms. The molecule has 0 aliphatic heterocycles. The lowest BCUT2D eigenvalue weighted by Gasteiger charge is -2.18. The highest BCUT2D eigenvalue weighted by molar-refractivity contribution is 5.84. The van der Waals surface area contributed by atoms with Crippen LogP contribution in [0.15, 0.2) is 78.9 Å². The number of carbonyl (C=O) groups is 3. The standard InChI is InChI=1S/C26H23NO5/c28-15-14-24(25(29)31-16-18-8-2-1-3-9-18)27-26(30)32-17-23-21-12-6-4-10-19(21)20-11-5-7-13-22(20)23/h1-13,15,23-24H,14,16-17H2,(H,27,30)/t24-/m0/s1. The van der Waals surface area contributed by atoms with Gasteiger partial charge in [-0.3, -0.25) is 0 Å². The molecule has 1 aliphatic rings. The van der Waals surface area contributed by atoms with Gasteiger partial charge in [0.25, 0.3) is 0 Å². The summed E-state index contributed by atoms with van der Waals surface area (Å²) in [6.07, 6.45) is -0.397. The van der Waals surface area contributed by atoms with E-state index in [0.29, 0.717) is 6.29 Å². The molecular formula is C26H23NO5. The van der Waals surface area contributed by atoms with Crippen LogP contribution in [-0.2, 0) is 25.7 Å². The van der Waals surface area contributed by atoms with Gasteiger partial charge in [-0.15, -0.1) is 0 Å². The monoisotopic (exact) mass is 429 g/mol. The van der Waals surface area contributed by atoms with Crippen LogP contribution < -0.4 is 5.32 Å². The third-order valence-corrected chi connectivity index (χ3v) is 5.48. The molecule has 0 fully saturated rings. The van der Waals surface area contributed by atoms with Crippen LogP contribution in [0.1, 0.15) is 29.0 Å². The molecule has 3 aromatic carbocycles. The zero-order valence-corrected chi connectivity index (χ0v) is 17.4. The predicted octanol–water partition coefficient (Wildman–Crippen LogP) is 4.23. The molecule has 0 aromatic heterocycles. The summed E-state index contributed by atoms with van der Waals surface area (Å²) in [4.78, 5) is 35.8. The quantitative estimate of drug-likeness (QED) is 0.428. The first-order valence-electron chi connectivity index (χ1n) is 10.4. The molecule has 1 atom stereocenters. The van der Waals surface area contributed by atoms with Gasteiger partial charge in [0.2, 0.25) is 0 Å². The summed E-state index contributed by atoms with van der Waals surface area (Å²) in [6.45, 7) is 0.175. The van der Waals surface area contributed by atoms with Crippen LogP contribution in [0.5, 0.6) is 0 Å². The minimum atomic E-state index is -1.10. The van der Waals surface area contributed by atoms with Crippen molar-refractivity contribution in [1.82, 2.24) is 5.32 Å². The maximum absolute atomic E-state index is 12.4. The normalized spacial score (nSPS) is 12.9. The highest BCUT2D eigenvalue weighted by Gasteiger charge is 2.30. The Bertz CT molecular complexity index is 1070. The highest BCUT2D eigenvalue weighted by Crippen LogP contribution is 2.44. The molecule has 6 heteroatoms. The van der Waals surface area contributed by atoms with Gasteiger partial charge in [-0.1, -0.05) is 78.9 Å². The summed E-state index contributed by atoms with van der Waals surface area (Å²) in [7, 11) is 0. The van der Waals surface area contributed by atoms with Crippen LogP contribution >= 0.6 is 0 Å². The van der Waals surface area contributed by atoms with Crippen molar-refractivity contribution < 1.29 is 23.9 Å². The first kappa shape index (κ1) is 21.3. The number of esters is 1. The van der Waals surface area contributed by atoms with Crippen molar-refractivity contribution in [3.05, 3.63) is 95.6 Å². The number of benzene rings is 3. The van der Waals surface area contributed by atoms with Crippen LogP contribution in [0.4, 0.5) is 4.79 Å². The lowest BCUT2D eigenvalue weighted by atomic mass is 9.98. The van der Waals surface area contributed by atoms with Gasteiger partial charge in [-0.2, -0.15) is 0 Å². The molecule has 0 radical (unpaired) electrons. The van der Waals surface area contributed by atoms with Crippen LogP contribution in [0.2, 0.25) is 0 Å². The van der Waals surface area contributed by atoms with Crippen molar-refractivity contribution >= 4 is 18.3 Å². The van der Waals surface area contributed by atoms with Crippen molar-refractivity contribution in [2.45, 2.75) is 25.0 Å². The van der Waals surface area contributed by atoms with Gasteiger partial charge >= 0.3 is 12.1 Å². The molecule has 0 saturated carbocycles. The van der Waals surface area contributed by atoms with E-state index >= 15 is 0 Å². The Balaban J connectivity index is 1.37. The fourth-order valence-electron chi connectivity index (χ4n) is 3.92. The summed E-state index contributed by atoms with van der Waals surface area (Å²) < 4.78 is 10.7. The number of alkyl carbamates (subject to hydrolysis) is 1. The van der Waals surface area contributed by atoms with E-state index in [9.17, 15) is 14.4 Å². The van der Waals surface area contributed by atoms with E-state index in [1.165, 1.54) is 0 Å². The van der Waals surface area contributed by atoms with Gasteiger partial charge in [0.05, 0.1) is 0 Å². The van der Waals surface area contributed by atoms with Gasteiger partial charge in [0, 0.05) is 12.3 Å². The molecule has 0 unspecified atom stereocenters. The van der Waals surface area contributed by atoms with Crippen molar-refractivity contribution in [3.8, 4) is 11.1 Å². The average Bonchev–Trinajstić information content (AvgIpc) is 3.15. The number of hydrogen-bond donors (Lipinski definition) is 1. The van der Waals surface area contributed by atoms with Crippen molar-refractivity contribution in [1.29, 1.82) is 0 Å². The molecule has 162 valence electrons. The van der Waals surface area contributed by atoms with Gasteiger partial charge in [0.15, 0.2) is 0 Å². The van der Waals surface area contributed by atoms with Gasteiger partial charge in [0.1, 0.15) is 25.5 Å². The maximum atomic E-state index is 12.4. The molecule has 3 aromatic rings. The predicted molar refractivity (Wildman–Crippen MR) is 119 cm³/mol. The van der Waals surface area contributed by atoms with Gasteiger partial charge in [-0.05, 0) is 27.8 Å². The summed E-state index contributed by atoms with van der Waals surface area (Å²) in [6, 6.07) is 24.1. The lowest BCUT2D eigenvalue weighted by Crippen LogP contribution is -2.42. The SMILES string of the molecule is O=CC[C@H](NC(=O)OCC1c2ccccc2-c2ccccc21)C(=O)OCc1ccccc1. The molecule has 0 bridgehead atoms. The lowest BCUT2D eigenvalue weighted by molar-refractivity contribution is -0.148. The minimum absolute atomic E-state index is 0.0569. The second-order valence-electron chi connectivity index (χ2n) is 7.52. The number of carbonyl (C=O) groups excluding carboxylic acids is 3. The molecule has 0 heterocycles. The summed E-state index contributed by atoms with van der Waals surface area (Å²) in [5, 5.41) is 2.46. The third-order valence-electron chi connectivity index (χ3n) is 5.48. The van der Waals surface area contributed by atoms with E-state index in [-0.39, 0.29) is 25.6 Å². The van der Waals surface area contributed by atoms with Crippen LogP contribution in [0, 0.1) is 0 Å². The molecule has 6 nitrogen and oxygen atoms in total. The second kappa shape index (κ2) is 9.92. The van der Waals surface area contributed by atoms with E-state index in [4.69, 9.17) is 9.47 Å². The van der Waals surface area contributed by atoms with Crippen molar-refractivity contribution in [2.75, 3.05) is 6.61 Å². The van der Waals surface area contributed by atoms with E-state index < -0.39 is 18.1 Å². The first-order valence-corrected chi connectivity index (χ1v) is 10.4. The number of fused-ring (bicyclic) bond motifs is 3. The molecule has 1 aliphatic carbocycles. The topological polar surface area (TPSA) is 81.7 Å². The van der Waals surface area contributed by atoms with Gasteiger partial charge in [-0.25, -0.2) is 9.59 Å². The molecular weight excluding hydrogens is 406 g/mol. The summed E-state index contributed by atoms with van der Waals surface area (Å²) in [5.41, 5.74) is 5.24. The minimum Gasteiger partial charge on any atom is -0.459 e. The number of rotatable bonds is 8. The Hall–Kier alpha value is -3.93. The van der Waals surface area contributed by atoms with Crippen molar-refractivity contribution in [3.63, 3.8) is 0 Å². The third kappa shape index (κ3) is 4.70. The Kier molecular flexibility index (Phi) is 6.60. The summed E-state index contributed by atoms with van der Waals surface area (Å²) in [5.74, 6) is -0.780. The maximum Gasteiger partial charge on any atom is 0.407 e. The van der Waals surface area contributed by atoms with Crippen LogP contribution in [-0.4, -0.2) is 31.0 Å². The average molecular weight is 429 g/mol. The first-order chi connectivity index (χ1) is 15.7. The van der Waals surface area contributed by atoms with E-state index in [1.54, 1.807) is 0 Å². The van der Waals surface area contributed by atoms with Gasteiger partial charge < -0.3 is 19.6 Å². The molecule has 0 saturated heterocycles. The number of amides is 1. The second-order valence-corrected chi connectivity index (χ2v) is 7.52. The Morgan fingerprint density at radius 2 is 1.44 bits per heavy atom. The number of nitrogens with one attached hydrogen (secondary N) is 1. The zero-order valence-electron chi connectivity index (χ0n) is 17.4. The van der Waals surface area contributed by atoms with Crippen LogP contribution in [0.3, 0.4) is 0 Å². The molecule has 4 rings (SSSR count). The fourth-order valence-corrected chi connectivity index (χ4v) is 3.92. The Morgan fingerprint density at radius 3 is 2.06 bits per heavy atom. The fraction of sp³-hybridized carbons (Fsp3) is 0.192. The number of hydrogen-bond acceptors (Lipinski definition) is 5. The number of aldehydes is 1. The largest absolute Gasteiger partial charge is 0.459 e. The van der Waals surface area contributed by atoms with Crippen LogP contribution in [0.25, 0.3) is 11.1 Å². The Morgan fingerprint density at radius 1 is 0.844 bits per heavy atom. The molecule has 1 amide bonds. The highest BCUT2D eigenvalue weighted by atomic mass is 16.6. The zero-order chi connectivity index (χ0) is 22.3. The molecule has 0 spiro atoms. The Labute approximate surface area is 186 Å². The van der Waals surface area contributed by atoms with E-state index in [0.717, 1.165) is 27.8 Å².